The second-order valence-corrected chi connectivity index (χ2v) is 4.21. The molecule has 0 spiro atoms. The summed E-state index contributed by atoms with van der Waals surface area (Å²) >= 11 is 0. The molecule has 0 bridgehead atoms. The maximum atomic E-state index is 11.7. The number of hydrogen-bond acceptors (Lipinski definition) is 2. The zero-order valence-electron chi connectivity index (χ0n) is 10.0. The molecule has 2 rings (SSSR count). The zero-order chi connectivity index (χ0) is 12.5. The lowest BCUT2D eigenvalue weighted by molar-refractivity contribution is 0.514. The van der Waals surface area contributed by atoms with Crippen molar-refractivity contribution in [2.45, 2.75) is 13.8 Å². The zero-order valence-corrected chi connectivity index (χ0v) is 10.9. The smallest absolute Gasteiger partial charge is 0.250 e. The van der Waals surface area contributed by atoms with Crippen LogP contribution in [0.15, 0.2) is 60.7 Å². The summed E-state index contributed by atoms with van der Waals surface area (Å²) in [6.07, 6.45) is 0. The normalized spacial score (nSPS) is 9.88. The van der Waals surface area contributed by atoms with Crippen LogP contribution in [0.5, 0.6) is 5.75 Å². The number of para-hydroxylation sites is 1. The van der Waals surface area contributed by atoms with Gasteiger partial charge in [-0.05, 0) is 28.8 Å². The number of rotatable bonds is 3. The summed E-state index contributed by atoms with van der Waals surface area (Å²) in [7, 11) is -1.80. The predicted octanol–water partition coefficient (Wildman–Crippen LogP) is 4.16. The van der Waals surface area contributed by atoms with Gasteiger partial charge >= 0.3 is 8.03 Å². The Morgan fingerprint density at radius 3 is 1.82 bits per heavy atom. The Morgan fingerprint density at radius 1 is 0.824 bits per heavy atom. The Labute approximate surface area is 103 Å². The van der Waals surface area contributed by atoms with Crippen molar-refractivity contribution in [2.24, 2.45) is 0 Å². The highest BCUT2D eigenvalue weighted by Crippen LogP contribution is 2.25. The van der Waals surface area contributed by atoms with Gasteiger partial charge in [0.25, 0.3) is 0 Å². The van der Waals surface area contributed by atoms with Gasteiger partial charge in [-0.3, -0.25) is 4.52 Å². The fourth-order valence-electron chi connectivity index (χ4n) is 1.18. The van der Waals surface area contributed by atoms with Gasteiger partial charge in [0.15, 0.2) is 5.75 Å². The van der Waals surface area contributed by atoms with Crippen molar-refractivity contribution in [3.05, 3.63) is 60.7 Å². The minimum absolute atomic E-state index is 0.627. The Balaban J connectivity index is 0.000000686. The molecule has 1 unspecified atom stereocenters. The minimum atomic E-state index is -1.80. The molecule has 0 aliphatic rings. The van der Waals surface area contributed by atoms with Gasteiger partial charge in [0.1, 0.15) is 0 Å². The molecule has 1 atom stereocenters. The van der Waals surface area contributed by atoms with Crippen molar-refractivity contribution in [3.8, 4) is 5.75 Å². The summed E-state index contributed by atoms with van der Waals surface area (Å²) in [6, 6.07) is 18.3. The van der Waals surface area contributed by atoms with Crippen molar-refractivity contribution in [1.29, 1.82) is 0 Å². The molecule has 0 radical (unpaired) electrons. The molecule has 2 nitrogen and oxygen atoms in total. The molecule has 2 aromatic rings. The van der Waals surface area contributed by atoms with E-state index in [1.54, 1.807) is 24.3 Å². The largest absolute Gasteiger partial charge is 0.597 e. The van der Waals surface area contributed by atoms with Crippen molar-refractivity contribution < 1.29 is 9.09 Å². The van der Waals surface area contributed by atoms with E-state index in [-0.39, 0.29) is 0 Å². The third-order valence-electron chi connectivity index (χ3n) is 1.90. The molecule has 0 aliphatic heterocycles. The van der Waals surface area contributed by atoms with Crippen LogP contribution in [0.2, 0.25) is 0 Å². The fourth-order valence-corrected chi connectivity index (χ4v) is 2.01. The molecule has 0 amide bonds. The molecular weight excluding hydrogens is 231 g/mol. The standard InChI is InChI=1S/C12H10O2P.C2H6/c13-15(12-9-5-2-6-10-12)14-11-7-3-1-4-8-11;1-2/h1-10H;1-2H3/q+1;. The van der Waals surface area contributed by atoms with Crippen LogP contribution in [-0.4, -0.2) is 0 Å². The summed E-state index contributed by atoms with van der Waals surface area (Å²) in [5.74, 6) is 0.627. The summed E-state index contributed by atoms with van der Waals surface area (Å²) in [4.78, 5) is 0. The van der Waals surface area contributed by atoms with Gasteiger partial charge in [0.05, 0.1) is 0 Å². The Morgan fingerprint density at radius 2 is 1.29 bits per heavy atom. The van der Waals surface area contributed by atoms with Crippen LogP contribution in [0.3, 0.4) is 0 Å². The first-order valence-electron chi connectivity index (χ1n) is 5.61. The van der Waals surface area contributed by atoms with Crippen molar-refractivity contribution in [2.75, 3.05) is 0 Å². The summed E-state index contributed by atoms with van der Waals surface area (Å²) in [5, 5.41) is 0.705. The maximum absolute atomic E-state index is 11.7. The van der Waals surface area contributed by atoms with Crippen molar-refractivity contribution in [1.82, 2.24) is 0 Å². The maximum Gasteiger partial charge on any atom is 0.597 e. The van der Waals surface area contributed by atoms with Crippen LogP contribution >= 0.6 is 8.03 Å². The second kappa shape index (κ2) is 7.59. The van der Waals surface area contributed by atoms with E-state index in [0.29, 0.717) is 11.1 Å². The predicted molar refractivity (Wildman–Crippen MR) is 72.1 cm³/mol. The fraction of sp³-hybridized carbons (Fsp3) is 0.143. The van der Waals surface area contributed by atoms with E-state index in [4.69, 9.17) is 4.52 Å². The SMILES string of the molecule is CC.O=[P+](Oc1ccccc1)c1ccccc1. The second-order valence-electron chi connectivity index (χ2n) is 3.00. The van der Waals surface area contributed by atoms with E-state index < -0.39 is 8.03 Å². The van der Waals surface area contributed by atoms with E-state index in [9.17, 15) is 4.57 Å². The van der Waals surface area contributed by atoms with Crippen molar-refractivity contribution >= 4 is 13.3 Å². The van der Waals surface area contributed by atoms with Gasteiger partial charge in [0.2, 0.25) is 5.30 Å². The van der Waals surface area contributed by atoms with E-state index in [2.05, 4.69) is 0 Å². The van der Waals surface area contributed by atoms with Gasteiger partial charge in [-0.15, -0.1) is 0 Å². The van der Waals surface area contributed by atoms with E-state index in [1.165, 1.54) is 0 Å². The van der Waals surface area contributed by atoms with E-state index in [0.717, 1.165) is 0 Å². The average molecular weight is 247 g/mol. The molecule has 0 aliphatic carbocycles. The molecule has 0 heterocycles. The molecule has 0 saturated carbocycles. The van der Waals surface area contributed by atoms with Crippen LogP contribution < -0.4 is 9.83 Å². The highest BCUT2D eigenvalue weighted by atomic mass is 31.1. The molecule has 88 valence electrons. The van der Waals surface area contributed by atoms with Crippen LogP contribution in [0.4, 0.5) is 0 Å². The average Bonchev–Trinajstić information content (AvgIpc) is 2.43. The number of benzene rings is 2. The number of hydrogen-bond donors (Lipinski definition) is 0. The highest BCUT2D eigenvalue weighted by molar-refractivity contribution is 7.48. The van der Waals surface area contributed by atoms with Gasteiger partial charge in [0, 0.05) is 0 Å². The summed E-state index contributed by atoms with van der Waals surface area (Å²) in [6.45, 7) is 4.00. The van der Waals surface area contributed by atoms with Gasteiger partial charge in [-0.1, -0.05) is 50.2 Å². The third-order valence-corrected chi connectivity index (χ3v) is 2.99. The summed E-state index contributed by atoms with van der Waals surface area (Å²) < 4.78 is 17.0. The molecule has 0 aromatic heterocycles. The van der Waals surface area contributed by atoms with E-state index in [1.807, 2.05) is 50.2 Å². The first-order valence-corrected chi connectivity index (χ1v) is 6.79. The molecule has 0 fully saturated rings. The molecular formula is C14H16O2P+. The van der Waals surface area contributed by atoms with E-state index >= 15 is 0 Å². The molecule has 2 aromatic carbocycles. The van der Waals surface area contributed by atoms with Crippen molar-refractivity contribution in [3.63, 3.8) is 0 Å². The Kier molecular flexibility index (Phi) is 5.98. The quantitative estimate of drug-likeness (QED) is 0.761. The lowest BCUT2D eigenvalue weighted by Gasteiger charge is -1.91. The topological polar surface area (TPSA) is 26.3 Å². The van der Waals surface area contributed by atoms with Gasteiger partial charge in [-0.25, -0.2) is 0 Å². The molecule has 17 heavy (non-hydrogen) atoms. The van der Waals surface area contributed by atoms with Gasteiger partial charge < -0.3 is 0 Å². The first kappa shape index (κ1) is 13.4. The minimum Gasteiger partial charge on any atom is -0.250 e. The Hall–Kier alpha value is -1.66. The molecule has 0 saturated heterocycles. The van der Waals surface area contributed by atoms with Crippen LogP contribution in [-0.2, 0) is 4.57 Å². The first-order chi connectivity index (χ1) is 8.36. The highest BCUT2D eigenvalue weighted by Gasteiger charge is 2.22. The van der Waals surface area contributed by atoms with Crippen LogP contribution in [0.25, 0.3) is 0 Å². The third kappa shape index (κ3) is 4.38. The summed E-state index contributed by atoms with van der Waals surface area (Å²) in [5.41, 5.74) is 0. The monoisotopic (exact) mass is 247 g/mol. The lowest BCUT2D eigenvalue weighted by Crippen LogP contribution is -1.98. The van der Waals surface area contributed by atoms with Crippen LogP contribution in [0.1, 0.15) is 13.8 Å². The lowest BCUT2D eigenvalue weighted by atomic mass is 10.3. The van der Waals surface area contributed by atoms with Gasteiger partial charge in [-0.2, -0.15) is 0 Å². The molecule has 3 heteroatoms. The van der Waals surface area contributed by atoms with Crippen LogP contribution in [0, 0.1) is 0 Å². The Bertz CT molecular complexity index is 440. The molecule has 0 N–H and O–H groups in total.